The molecule has 0 N–H and O–H groups in total. The van der Waals surface area contributed by atoms with Gasteiger partial charge < -0.3 is 4.74 Å². The quantitative estimate of drug-likeness (QED) is 0.688. The van der Waals surface area contributed by atoms with Crippen LogP contribution in [0.5, 0.6) is 0 Å². The Hall–Kier alpha value is -0.193. The summed E-state index contributed by atoms with van der Waals surface area (Å²) in [7, 11) is -0.400. The van der Waals surface area contributed by atoms with Gasteiger partial charge in [-0.05, 0) is 57.1 Å². The maximum Gasteiger partial charge on any atom is 0.137 e. The van der Waals surface area contributed by atoms with Crippen molar-refractivity contribution in [2.24, 2.45) is 0 Å². The average Bonchev–Trinajstić information content (AvgIpc) is 2.69. The van der Waals surface area contributed by atoms with Gasteiger partial charge in [-0.2, -0.15) is 0 Å². The zero-order chi connectivity index (χ0) is 14.2. The number of hydrogen-bond acceptors (Lipinski definition) is 1. The minimum Gasteiger partial charge on any atom is -0.373 e. The number of aryl methyl sites for hydroxylation is 1. The molecule has 1 nitrogen and oxygen atoms in total. The van der Waals surface area contributed by atoms with E-state index in [1.165, 1.54) is 5.56 Å². The van der Waals surface area contributed by atoms with Crippen LogP contribution in [0.25, 0.3) is 0 Å². The van der Waals surface area contributed by atoms with Crippen molar-refractivity contribution in [1.82, 2.24) is 0 Å². The summed E-state index contributed by atoms with van der Waals surface area (Å²) in [4.78, 5) is 0. The van der Waals surface area contributed by atoms with Crippen molar-refractivity contribution in [3.05, 3.63) is 33.5 Å². The van der Waals surface area contributed by atoms with Crippen molar-refractivity contribution >= 4 is 24.7 Å². The second-order valence-corrected chi connectivity index (χ2v) is 10.4. The second-order valence-electron chi connectivity index (χ2n) is 6.19. The van der Waals surface area contributed by atoms with Gasteiger partial charge in [-0.15, -0.1) is 0 Å². The van der Waals surface area contributed by atoms with Crippen LogP contribution < -0.4 is 0 Å². The summed E-state index contributed by atoms with van der Waals surface area (Å²) in [6, 6.07) is 3.53. The third-order valence-corrected chi connectivity index (χ3v) is 7.66. The summed E-state index contributed by atoms with van der Waals surface area (Å²) in [5.74, 6) is -0.191. The number of hydrogen-bond donors (Lipinski definition) is 0. The Labute approximate surface area is 125 Å². The van der Waals surface area contributed by atoms with E-state index in [1.54, 1.807) is 6.07 Å². The molecule has 1 aliphatic rings. The molecule has 0 aromatic heterocycles. The summed E-state index contributed by atoms with van der Waals surface area (Å²) in [6.07, 6.45) is 2.02. The smallest absolute Gasteiger partial charge is 0.137 e. The molecule has 0 bridgehead atoms. The molecule has 1 unspecified atom stereocenters. The largest absolute Gasteiger partial charge is 0.373 e. The predicted octanol–water partition coefficient (Wildman–Crippen LogP) is 5.13. The van der Waals surface area contributed by atoms with Gasteiger partial charge in [0.25, 0.3) is 0 Å². The van der Waals surface area contributed by atoms with Gasteiger partial charge in [-0.25, -0.2) is 4.39 Å². The maximum absolute atomic E-state index is 13.7. The lowest BCUT2D eigenvalue weighted by Crippen LogP contribution is -2.26. The zero-order valence-electron chi connectivity index (χ0n) is 12.0. The molecule has 0 heterocycles. The molecule has 0 aliphatic heterocycles. The Bertz CT molecular complexity index is 473. The normalized spacial score (nSPS) is 19.0. The van der Waals surface area contributed by atoms with Crippen molar-refractivity contribution in [3.8, 4) is 0 Å². The number of benzene rings is 1. The molecular weight excluding hydrogens is 323 g/mol. The van der Waals surface area contributed by atoms with Crippen molar-refractivity contribution in [2.75, 3.05) is 6.61 Å². The third-order valence-electron chi connectivity index (χ3n) is 4.20. The number of halogens is 2. The van der Waals surface area contributed by atoms with Gasteiger partial charge in [0, 0.05) is 6.61 Å². The maximum atomic E-state index is 13.7. The summed E-state index contributed by atoms with van der Waals surface area (Å²) in [6.45, 7) is 9.91. The molecule has 1 atom stereocenters. The molecule has 2 rings (SSSR count). The Balaban J connectivity index is 2.09. The fourth-order valence-corrected chi connectivity index (χ4v) is 2.95. The SMILES string of the molecule is C[Si](C)C(C)(C)COC1CCc2cc(Br)c(F)cc21. The first-order valence-electron chi connectivity index (χ1n) is 6.71. The zero-order valence-corrected chi connectivity index (χ0v) is 14.6. The highest BCUT2D eigenvalue weighted by Crippen LogP contribution is 2.39. The summed E-state index contributed by atoms with van der Waals surface area (Å²) in [5, 5.41) is 0.251. The van der Waals surface area contributed by atoms with Crippen LogP contribution >= 0.6 is 15.9 Å². The van der Waals surface area contributed by atoms with Gasteiger partial charge in [0.2, 0.25) is 0 Å². The van der Waals surface area contributed by atoms with Crippen LogP contribution in [0.1, 0.15) is 37.5 Å². The van der Waals surface area contributed by atoms with Crippen molar-refractivity contribution in [2.45, 2.75) is 50.9 Å². The van der Waals surface area contributed by atoms with Crippen LogP contribution in [0.3, 0.4) is 0 Å². The Morgan fingerprint density at radius 1 is 1.42 bits per heavy atom. The highest BCUT2D eigenvalue weighted by molar-refractivity contribution is 9.10. The first-order chi connectivity index (χ1) is 8.81. The predicted molar refractivity (Wildman–Crippen MR) is 82.6 cm³/mol. The lowest BCUT2D eigenvalue weighted by molar-refractivity contribution is 0.0390. The molecule has 0 saturated heterocycles. The van der Waals surface area contributed by atoms with E-state index in [9.17, 15) is 4.39 Å². The van der Waals surface area contributed by atoms with E-state index < -0.39 is 8.80 Å². The van der Waals surface area contributed by atoms with Gasteiger partial charge in [-0.3, -0.25) is 0 Å². The van der Waals surface area contributed by atoms with E-state index in [2.05, 4.69) is 42.9 Å². The number of rotatable bonds is 4. The van der Waals surface area contributed by atoms with E-state index >= 15 is 0 Å². The minimum atomic E-state index is -0.400. The number of ether oxygens (including phenoxy) is 1. The van der Waals surface area contributed by atoms with Gasteiger partial charge in [0.1, 0.15) is 5.82 Å². The molecule has 1 aromatic rings. The molecule has 1 radical (unpaired) electrons. The lowest BCUT2D eigenvalue weighted by atomic mass is 10.1. The van der Waals surface area contributed by atoms with E-state index in [-0.39, 0.29) is 17.0 Å². The molecule has 0 spiro atoms. The fraction of sp³-hybridized carbons (Fsp3) is 0.600. The van der Waals surface area contributed by atoms with Gasteiger partial charge >= 0.3 is 0 Å². The molecule has 1 aliphatic carbocycles. The Kier molecular flexibility index (Phi) is 4.53. The molecule has 0 fully saturated rings. The molecule has 4 heteroatoms. The summed E-state index contributed by atoms with van der Waals surface area (Å²) < 4.78 is 20.3. The van der Waals surface area contributed by atoms with Crippen LogP contribution in [0, 0.1) is 5.82 Å². The van der Waals surface area contributed by atoms with Crippen LogP contribution in [0.15, 0.2) is 16.6 Å². The first-order valence-corrected chi connectivity index (χ1v) is 10.0. The fourth-order valence-electron chi connectivity index (χ4n) is 2.19. The summed E-state index contributed by atoms with van der Waals surface area (Å²) >= 11 is 3.25. The standard InChI is InChI=1S/C15H21BrFOSi/c1-15(2,19(3)4)9-18-14-6-5-10-7-12(16)13(17)8-11(10)14/h7-8,14H,5-6,9H2,1-4H3. The molecule has 19 heavy (non-hydrogen) atoms. The molecule has 0 saturated carbocycles. The van der Waals surface area contributed by atoms with E-state index in [4.69, 9.17) is 4.74 Å². The number of fused-ring (bicyclic) bond motifs is 1. The van der Waals surface area contributed by atoms with Gasteiger partial charge in [0.05, 0.1) is 19.4 Å². The van der Waals surface area contributed by atoms with E-state index in [0.717, 1.165) is 25.0 Å². The Morgan fingerprint density at radius 2 is 2.11 bits per heavy atom. The molecule has 1 aromatic carbocycles. The highest BCUT2D eigenvalue weighted by Gasteiger charge is 2.29. The monoisotopic (exact) mass is 343 g/mol. The van der Waals surface area contributed by atoms with Crippen LogP contribution in [0.2, 0.25) is 18.1 Å². The Morgan fingerprint density at radius 3 is 2.74 bits per heavy atom. The first kappa shape index (κ1) is 15.2. The second kappa shape index (κ2) is 5.66. The third kappa shape index (κ3) is 3.28. The molecule has 105 valence electrons. The van der Waals surface area contributed by atoms with Crippen molar-refractivity contribution < 1.29 is 9.13 Å². The van der Waals surface area contributed by atoms with Gasteiger partial charge in [-0.1, -0.05) is 26.9 Å². The molecular formula is C15H21BrFOSi. The van der Waals surface area contributed by atoms with Gasteiger partial charge in [0.15, 0.2) is 0 Å². The average molecular weight is 344 g/mol. The van der Waals surface area contributed by atoms with Crippen LogP contribution in [-0.4, -0.2) is 15.4 Å². The molecule has 0 amide bonds. The van der Waals surface area contributed by atoms with Crippen molar-refractivity contribution in [1.29, 1.82) is 0 Å². The minimum absolute atomic E-state index is 0.0678. The topological polar surface area (TPSA) is 9.23 Å². The van der Waals surface area contributed by atoms with E-state index in [1.807, 2.05) is 6.07 Å². The van der Waals surface area contributed by atoms with E-state index in [0.29, 0.717) is 4.47 Å². The van der Waals surface area contributed by atoms with Crippen molar-refractivity contribution in [3.63, 3.8) is 0 Å². The van der Waals surface area contributed by atoms with Crippen LogP contribution in [-0.2, 0) is 11.2 Å². The summed E-state index contributed by atoms with van der Waals surface area (Å²) in [5.41, 5.74) is 2.26. The lowest BCUT2D eigenvalue weighted by Gasteiger charge is -2.29. The highest BCUT2D eigenvalue weighted by atomic mass is 79.9. The van der Waals surface area contributed by atoms with Crippen LogP contribution in [0.4, 0.5) is 4.39 Å².